The molecule has 5 atom stereocenters. The minimum atomic E-state index is -1.62. The van der Waals surface area contributed by atoms with Crippen LogP contribution in [-0.4, -0.2) is 73.1 Å². The lowest BCUT2D eigenvalue weighted by Crippen LogP contribution is -2.63. The summed E-state index contributed by atoms with van der Waals surface area (Å²) in [6.45, 7) is 7.93. The van der Waals surface area contributed by atoms with Crippen LogP contribution in [0.1, 0.15) is 92.9 Å². The fraction of sp³-hybridized carbons (Fsp3) is 0.488. The van der Waals surface area contributed by atoms with Gasteiger partial charge in [-0.15, -0.1) is 0 Å². The number of hydrogen-bond donors (Lipinski definition) is 0. The van der Waals surface area contributed by atoms with Crippen LogP contribution in [-0.2, 0) is 52.5 Å². The molecule has 1 aliphatic heterocycles. The van der Waals surface area contributed by atoms with Gasteiger partial charge in [0.05, 0.1) is 5.56 Å². The highest BCUT2D eigenvalue weighted by Crippen LogP contribution is 2.36. The van der Waals surface area contributed by atoms with Gasteiger partial charge in [0.2, 0.25) is 17.8 Å². The Morgan fingerprint density at radius 3 is 1.82 bits per heavy atom. The molecule has 0 unspecified atom stereocenters. The van der Waals surface area contributed by atoms with E-state index in [9.17, 15) is 33.6 Å². The van der Waals surface area contributed by atoms with Crippen LogP contribution in [0.5, 0.6) is 17.2 Å². The standard InChI is InChI=1S/C41H48O16/c1-7-9-11-13-34(46)54-28-17-15-27(16-18-28)30-21-50-31-19-29(20-32(36(31)37(30)48)56-35(47)14-12-10-8-2)55-41-40(53-26(6)45)39(52-25(5)44)38(51-24(4)43)33(57-41)22-49-23(3)42/h15-21,33,38-41H,7-14,22H2,1-6H3/t33-,38-,39+,40-,41-/m1/s1. The summed E-state index contributed by atoms with van der Waals surface area (Å²) in [5.74, 6) is -4.21. The monoisotopic (exact) mass is 796 g/mol. The van der Waals surface area contributed by atoms with Crippen LogP contribution >= 0.6 is 0 Å². The van der Waals surface area contributed by atoms with Gasteiger partial charge in [-0.1, -0.05) is 51.7 Å². The van der Waals surface area contributed by atoms with Crippen molar-refractivity contribution in [3.8, 4) is 28.4 Å². The van der Waals surface area contributed by atoms with E-state index in [0.717, 1.165) is 53.4 Å². The Balaban J connectivity index is 1.77. The molecule has 0 N–H and O–H groups in total. The predicted molar refractivity (Wildman–Crippen MR) is 200 cm³/mol. The highest BCUT2D eigenvalue weighted by molar-refractivity contribution is 5.90. The Labute approximate surface area is 328 Å². The van der Waals surface area contributed by atoms with E-state index in [1.807, 2.05) is 13.8 Å². The quantitative estimate of drug-likeness (QED) is 0.0636. The Morgan fingerprint density at radius 1 is 0.667 bits per heavy atom. The summed E-state index contributed by atoms with van der Waals surface area (Å²) in [6, 6.07) is 8.84. The van der Waals surface area contributed by atoms with Crippen molar-refractivity contribution in [1.29, 1.82) is 0 Å². The zero-order valence-electron chi connectivity index (χ0n) is 32.8. The third-order valence-electron chi connectivity index (χ3n) is 8.61. The molecule has 1 aliphatic rings. The van der Waals surface area contributed by atoms with Crippen molar-refractivity contribution in [2.75, 3.05) is 6.61 Å². The molecule has 0 spiro atoms. The molecular formula is C41H48O16. The largest absolute Gasteiger partial charge is 0.463 e. The van der Waals surface area contributed by atoms with Gasteiger partial charge >= 0.3 is 35.8 Å². The molecule has 0 bridgehead atoms. The molecule has 57 heavy (non-hydrogen) atoms. The first-order valence-corrected chi connectivity index (χ1v) is 18.8. The molecule has 1 saturated heterocycles. The van der Waals surface area contributed by atoms with Gasteiger partial charge in [0.15, 0.2) is 12.2 Å². The number of unbranched alkanes of at least 4 members (excludes halogenated alkanes) is 4. The van der Waals surface area contributed by atoms with E-state index in [4.69, 9.17) is 42.3 Å². The summed E-state index contributed by atoms with van der Waals surface area (Å²) < 4.78 is 50.8. The third kappa shape index (κ3) is 12.6. The summed E-state index contributed by atoms with van der Waals surface area (Å²) in [6.07, 6.45) is -1.15. The fourth-order valence-corrected chi connectivity index (χ4v) is 6.06. The van der Waals surface area contributed by atoms with E-state index in [0.29, 0.717) is 24.2 Å². The predicted octanol–water partition coefficient (Wildman–Crippen LogP) is 5.89. The topological polar surface area (TPSA) is 206 Å². The van der Waals surface area contributed by atoms with E-state index in [-0.39, 0.29) is 46.8 Å². The number of carbonyl (C=O) groups is 6. The summed E-state index contributed by atoms with van der Waals surface area (Å²) in [5.41, 5.74) is -0.0917. The van der Waals surface area contributed by atoms with E-state index in [1.165, 1.54) is 18.4 Å². The molecule has 0 saturated carbocycles. The van der Waals surface area contributed by atoms with Gasteiger partial charge < -0.3 is 42.3 Å². The molecule has 1 fully saturated rings. The fourth-order valence-electron chi connectivity index (χ4n) is 6.06. The van der Waals surface area contributed by atoms with Crippen LogP contribution in [0.2, 0.25) is 0 Å². The molecule has 0 radical (unpaired) electrons. The second-order valence-electron chi connectivity index (χ2n) is 13.3. The van der Waals surface area contributed by atoms with E-state index in [2.05, 4.69) is 0 Å². The summed E-state index contributed by atoms with van der Waals surface area (Å²) >= 11 is 0. The summed E-state index contributed by atoms with van der Waals surface area (Å²) in [4.78, 5) is 87.9. The lowest BCUT2D eigenvalue weighted by Gasteiger charge is -2.43. The molecule has 4 rings (SSSR count). The van der Waals surface area contributed by atoms with Gasteiger partial charge in [0, 0.05) is 52.7 Å². The number of esters is 6. The van der Waals surface area contributed by atoms with Crippen molar-refractivity contribution in [3.05, 3.63) is 52.9 Å². The van der Waals surface area contributed by atoms with E-state index in [1.54, 1.807) is 24.3 Å². The average Bonchev–Trinajstić information content (AvgIpc) is 3.13. The third-order valence-corrected chi connectivity index (χ3v) is 8.61. The summed E-state index contributed by atoms with van der Waals surface area (Å²) in [7, 11) is 0. The second-order valence-corrected chi connectivity index (χ2v) is 13.3. The molecule has 1 aromatic heterocycles. The molecule has 16 nitrogen and oxygen atoms in total. The lowest BCUT2D eigenvalue weighted by atomic mass is 9.98. The molecule has 0 aliphatic carbocycles. The van der Waals surface area contributed by atoms with Crippen LogP contribution in [0.4, 0.5) is 0 Å². The average molecular weight is 797 g/mol. The molecule has 308 valence electrons. The Hall–Kier alpha value is -5.77. The van der Waals surface area contributed by atoms with Crippen molar-refractivity contribution >= 4 is 46.8 Å². The highest BCUT2D eigenvalue weighted by Gasteiger charge is 2.53. The first-order chi connectivity index (χ1) is 27.2. The van der Waals surface area contributed by atoms with Gasteiger partial charge in [-0.2, -0.15) is 0 Å². The zero-order valence-corrected chi connectivity index (χ0v) is 32.8. The maximum atomic E-state index is 14.1. The normalized spacial score (nSPS) is 18.9. The van der Waals surface area contributed by atoms with Gasteiger partial charge in [0.1, 0.15) is 47.2 Å². The molecule has 2 aromatic carbocycles. The summed E-state index contributed by atoms with van der Waals surface area (Å²) in [5, 5.41) is -0.100. The van der Waals surface area contributed by atoms with Crippen molar-refractivity contribution < 1.29 is 71.1 Å². The lowest BCUT2D eigenvalue weighted by molar-refractivity contribution is -0.288. The number of fused-ring (bicyclic) bond motifs is 1. The van der Waals surface area contributed by atoms with Gasteiger partial charge in [-0.25, -0.2) is 0 Å². The van der Waals surface area contributed by atoms with Crippen LogP contribution in [0.15, 0.2) is 51.9 Å². The zero-order chi connectivity index (χ0) is 41.6. The van der Waals surface area contributed by atoms with Crippen LogP contribution in [0.25, 0.3) is 22.1 Å². The molecule has 3 aromatic rings. The maximum Gasteiger partial charge on any atom is 0.311 e. The van der Waals surface area contributed by atoms with E-state index >= 15 is 0 Å². The number of hydrogen-bond acceptors (Lipinski definition) is 16. The number of rotatable bonds is 18. The van der Waals surface area contributed by atoms with Gasteiger partial charge in [0.25, 0.3) is 0 Å². The van der Waals surface area contributed by atoms with Gasteiger partial charge in [-0.05, 0) is 30.5 Å². The van der Waals surface area contributed by atoms with Crippen LogP contribution in [0, 0.1) is 0 Å². The highest BCUT2D eigenvalue weighted by atomic mass is 16.7. The Kier molecular flexibility index (Phi) is 16.2. The minimum absolute atomic E-state index is 0.0454. The molecule has 2 heterocycles. The Morgan fingerprint density at radius 2 is 1.25 bits per heavy atom. The van der Waals surface area contributed by atoms with Crippen LogP contribution in [0.3, 0.4) is 0 Å². The van der Waals surface area contributed by atoms with Crippen molar-refractivity contribution in [3.63, 3.8) is 0 Å². The SMILES string of the molecule is CCCCCC(=O)Oc1ccc(-c2coc3cc(O[C@@H]4O[C@H](COC(C)=O)[C@@H](OC(C)=O)[C@H](OC(C)=O)[C@H]4OC(C)=O)cc(OC(=O)CCCCC)c3c2=O)cc1. The van der Waals surface area contributed by atoms with Crippen molar-refractivity contribution in [2.24, 2.45) is 0 Å². The van der Waals surface area contributed by atoms with Crippen molar-refractivity contribution in [1.82, 2.24) is 0 Å². The minimum Gasteiger partial charge on any atom is -0.463 e. The molecule has 16 heteroatoms. The first-order valence-electron chi connectivity index (χ1n) is 18.8. The van der Waals surface area contributed by atoms with E-state index < -0.39 is 72.6 Å². The molecule has 0 amide bonds. The van der Waals surface area contributed by atoms with Crippen LogP contribution < -0.4 is 19.6 Å². The Bertz CT molecular complexity index is 1970. The second kappa shape index (κ2) is 20.9. The molecular weight excluding hydrogens is 748 g/mol. The number of benzene rings is 2. The number of carbonyl (C=O) groups excluding carboxylic acids is 6. The maximum absolute atomic E-state index is 14.1. The first kappa shape index (κ1) is 44.0. The smallest absolute Gasteiger partial charge is 0.311 e. The number of ether oxygens (including phenoxy) is 8. The van der Waals surface area contributed by atoms with Gasteiger partial charge in [-0.3, -0.25) is 33.6 Å². The van der Waals surface area contributed by atoms with Crippen molar-refractivity contribution in [2.45, 2.75) is 124 Å².